The number of nitrogens with one attached hydrogen (secondary N) is 1. The summed E-state index contributed by atoms with van der Waals surface area (Å²) in [6.45, 7) is 2.91. The average molecular weight is 323 g/mol. The van der Waals surface area contributed by atoms with E-state index in [0.717, 1.165) is 25.8 Å². The van der Waals surface area contributed by atoms with Gasteiger partial charge in [0, 0.05) is 18.9 Å². The van der Waals surface area contributed by atoms with Crippen molar-refractivity contribution in [3.63, 3.8) is 0 Å². The second-order valence-electron chi connectivity index (χ2n) is 6.32. The van der Waals surface area contributed by atoms with Crippen LogP contribution in [0.5, 0.6) is 0 Å². The molecule has 1 amide bonds. The summed E-state index contributed by atoms with van der Waals surface area (Å²) in [5.41, 5.74) is 2.61. The predicted molar refractivity (Wildman–Crippen MR) is 101 cm³/mol. The molecule has 0 atom stereocenters. The molecular weight excluding hydrogens is 294 g/mol. The second kappa shape index (κ2) is 10.6. The number of rotatable bonds is 10. The number of hydrogen-bond donors (Lipinski definition) is 1. The van der Waals surface area contributed by atoms with Crippen molar-refractivity contribution in [1.82, 2.24) is 5.32 Å². The molecule has 1 N–H and O–H groups in total. The summed E-state index contributed by atoms with van der Waals surface area (Å²) in [7, 11) is 0. The number of hydrogen-bond acceptors (Lipinski definition) is 1. The molecule has 0 radical (unpaired) electrons. The van der Waals surface area contributed by atoms with E-state index in [1.807, 2.05) is 12.1 Å². The van der Waals surface area contributed by atoms with Crippen molar-refractivity contribution in [2.75, 3.05) is 6.54 Å². The van der Waals surface area contributed by atoms with E-state index in [2.05, 4.69) is 60.8 Å². The molecule has 0 aliphatic heterocycles. The van der Waals surface area contributed by atoms with Crippen LogP contribution in [0.4, 0.5) is 0 Å². The molecule has 0 aliphatic carbocycles. The smallest absolute Gasteiger partial charge is 0.219 e. The largest absolute Gasteiger partial charge is 0.356 e. The molecule has 128 valence electrons. The van der Waals surface area contributed by atoms with Crippen molar-refractivity contribution in [1.29, 1.82) is 0 Å². The zero-order valence-corrected chi connectivity index (χ0v) is 14.7. The third-order valence-corrected chi connectivity index (χ3v) is 4.42. The van der Waals surface area contributed by atoms with Crippen molar-refractivity contribution in [2.45, 2.75) is 51.4 Å². The average Bonchev–Trinajstić information content (AvgIpc) is 2.64. The zero-order chi connectivity index (χ0) is 17.0. The Hall–Kier alpha value is -2.09. The summed E-state index contributed by atoms with van der Waals surface area (Å²) in [5.74, 6) is 0.513. The normalized spacial score (nSPS) is 10.8. The van der Waals surface area contributed by atoms with Crippen LogP contribution < -0.4 is 5.32 Å². The molecule has 24 heavy (non-hydrogen) atoms. The molecule has 2 aromatic carbocycles. The van der Waals surface area contributed by atoms with Crippen LogP contribution in [-0.2, 0) is 4.79 Å². The lowest BCUT2D eigenvalue weighted by molar-refractivity contribution is -0.121. The van der Waals surface area contributed by atoms with Gasteiger partial charge in [-0.25, -0.2) is 0 Å². The van der Waals surface area contributed by atoms with Gasteiger partial charge in [-0.2, -0.15) is 0 Å². The first-order valence-electron chi connectivity index (χ1n) is 9.18. The van der Waals surface area contributed by atoms with Crippen LogP contribution in [0.2, 0.25) is 0 Å². The lowest BCUT2D eigenvalue weighted by Crippen LogP contribution is -2.25. The Morgan fingerprint density at radius 3 is 2.00 bits per heavy atom. The third kappa shape index (κ3) is 6.19. The topological polar surface area (TPSA) is 29.1 Å². The molecule has 0 bridgehead atoms. The number of carbonyl (C=O) groups is 1. The van der Waals surface area contributed by atoms with E-state index in [0.29, 0.717) is 12.3 Å². The molecule has 0 saturated heterocycles. The fraction of sp³-hybridized carbons (Fsp3) is 0.409. The SMILES string of the molecule is CCCCCCC(=O)NCCC(c1ccccc1)c1ccccc1. The summed E-state index contributed by atoms with van der Waals surface area (Å²) < 4.78 is 0. The second-order valence-corrected chi connectivity index (χ2v) is 6.32. The van der Waals surface area contributed by atoms with Gasteiger partial charge in [0.1, 0.15) is 0 Å². The van der Waals surface area contributed by atoms with E-state index in [9.17, 15) is 4.79 Å². The van der Waals surface area contributed by atoms with Gasteiger partial charge in [-0.05, 0) is 24.0 Å². The Bertz CT molecular complexity index is 540. The standard InChI is InChI=1S/C22H29NO/c1-2-3-4-11-16-22(24)23-18-17-21(19-12-7-5-8-13-19)20-14-9-6-10-15-20/h5-10,12-15,21H,2-4,11,16-18H2,1H3,(H,23,24). The van der Waals surface area contributed by atoms with E-state index in [1.54, 1.807) is 0 Å². The van der Waals surface area contributed by atoms with Crippen LogP contribution in [0.25, 0.3) is 0 Å². The molecule has 2 nitrogen and oxygen atoms in total. The molecule has 0 unspecified atom stereocenters. The predicted octanol–water partition coefficient (Wildman–Crippen LogP) is 5.30. The maximum atomic E-state index is 11.9. The van der Waals surface area contributed by atoms with Crippen LogP contribution in [0.3, 0.4) is 0 Å². The number of amides is 1. The van der Waals surface area contributed by atoms with E-state index in [1.165, 1.54) is 24.0 Å². The lowest BCUT2D eigenvalue weighted by Gasteiger charge is -2.18. The van der Waals surface area contributed by atoms with E-state index in [4.69, 9.17) is 0 Å². The molecule has 2 aromatic rings. The molecule has 2 rings (SSSR count). The van der Waals surface area contributed by atoms with Crippen molar-refractivity contribution in [3.8, 4) is 0 Å². The minimum Gasteiger partial charge on any atom is -0.356 e. The number of carbonyl (C=O) groups excluding carboxylic acids is 1. The van der Waals surface area contributed by atoms with Crippen molar-refractivity contribution in [2.24, 2.45) is 0 Å². The molecule has 0 fully saturated rings. The van der Waals surface area contributed by atoms with E-state index in [-0.39, 0.29) is 5.91 Å². The highest BCUT2D eigenvalue weighted by atomic mass is 16.1. The lowest BCUT2D eigenvalue weighted by atomic mass is 9.88. The maximum Gasteiger partial charge on any atom is 0.219 e. The summed E-state index contributed by atoms with van der Waals surface area (Å²) in [5, 5.41) is 3.09. The van der Waals surface area contributed by atoms with Gasteiger partial charge in [-0.3, -0.25) is 4.79 Å². The molecule has 0 spiro atoms. The molecule has 0 heterocycles. The fourth-order valence-corrected chi connectivity index (χ4v) is 3.05. The van der Waals surface area contributed by atoms with Gasteiger partial charge in [-0.1, -0.05) is 86.8 Å². The van der Waals surface area contributed by atoms with Crippen LogP contribution in [0.15, 0.2) is 60.7 Å². The maximum absolute atomic E-state index is 11.9. The van der Waals surface area contributed by atoms with Crippen molar-refractivity contribution in [3.05, 3.63) is 71.8 Å². The van der Waals surface area contributed by atoms with Gasteiger partial charge in [0.15, 0.2) is 0 Å². The Morgan fingerprint density at radius 2 is 1.46 bits per heavy atom. The van der Waals surface area contributed by atoms with Crippen LogP contribution >= 0.6 is 0 Å². The Balaban J connectivity index is 1.87. The minimum absolute atomic E-state index is 0.186. The Morgan fingerprint density at radius 1 is 0.875 bits per heavy atom. The molecular formula is C22H29NO. The number of unbranched alkanes of at least 4 members (excludes halogenated alkanes) is 3. The highest BCUT2D eigenvalue weighted by molar-refractivity contribution is 5.75. The summed E-state index contributed by atoms with van der Waals surface area (Å²) in [6, 6.07) is 21.1. The number of benzene rings is 2. The third-order valence-electron chi connectivity index (χ3n) is 4.42. The Labute approximate surface area is 146 Å². The van der Waals surface area contributed by atoms with Gasteiger partial charge in [0.2, 0.25) is 5.91 Å². The van der Waals surface area contributed by atoms with Gasteiger partial charge in [-0.15, -0.1) is 0 Å². The van der Waals surface area contributed by atoms with Crippen molar-refractivity contribution < 1.29 is 4.79 Å². The monoisotopic (exact) mass is 323 g/mol. The zero-order valence-electron chi connectivity index (χ0n) is 14.7. The molecule has 0 aliphatic rings. The summed E-state index contributed by atoms with van der Waals surface area (Å²) in [6.07, 6.45) is 6.16. The van der Waals surface area contributed by atoms with Gasteiger partial charge in [0.05, 0.1) is 0 Å². The minimum atomic E-state index is 0.186. The van der Waals surface area contributed by atoms with Gasteiger partial charge < -0.3 is 5.32 Å². The molecule has 0 aromatic heterocycles. The summed E-state index contributed by atoms with van der Waals surface area (Å²) >= 11 is 0. The van der Waals surface area contributed by atoms with Crippen LogP contribution in [-0.4, -0.2) is 12.5 Å². The summed E-state index contributed by atoms with van der Waals surface area (Å²) in [4.78, 5) is 11.9. The Kier molecular flexibility index (Phi) is 8.09. The van der Waals surface area contributed by atoms with Gasteiger partial charge >= 0.3 is 0 Å². The van der Waals surface area contributed by atoms with E-state index >= 15 is 0 Å². The molecule has 2 heteroatoms. The first kappa shape index (κ1) is 18.3. The first-order chi connectivity index (χ1) is 11.8. The van der Waals surface area contributed by atoms with Crippen molar-refractivity contribution >= 4 is 5.91 Å². The first-order valence-corrected chi connectivity index (χ1v) is 9.18. The van der Waals surface area contributed by atoms with Crippen LogP contribution in [0.1, 0.15) is 62.5 Å². The fourth-order valence-electron chi connectivity index (χ4n) is 3.05. The highest BCUT2D eigenvalue weighted by Gasteiger charge is 2.13. The quantitative estimate of drug-likeness (QED) is 0.591. The molecule has 0 saturated carbocycles. The van der Waals surface area contributed by atoms with Crippen LogP contribution in [0, 0.1) is 0 Å². The van der Waals surface area contributed by atoms with Gasteiger partial charge in [0.25, 0.3) is 0 Å². The highest BCUT2D eigenvalue weighted by Crippen LogP contribution is 2.27. The van der Waals surface area contributed by atoms with E-state index < -0.39 is 0 Å².